The quantitative estimate of drug-likeness (QED) is 0.600. The Labute approximate surface area is 179 Å². The number of hydrogen-bond donors (Lipinski definition) is 1. The van der Waals surface area contributed by atoms with Crippen molar-refractivity contribution in [3.05, 3.63) is 69.6 Å². The van der Waals surface area contributed by atoms with E-state index >= 15 is 0 Å². The fraction of sp³-hybridized carbons (Fsp3) is 0.318. The van der Waals surface area contributed by atoms with Crippen molar-refractivity contribution in [2.45, 2.75) is 31.8 Å². The van der Waals surface area contributed by atoms with Crippen molar-refractivity contribution < 1.29 is 9.53 Å². The van der Waals surface area contributed by atoms with Crippen molar-refractivity contribution in [3.63, 3.8) is 0 Å². The van der Waals surface area contributed by atoms with Crippen LogP contribution in [0.2, 0.25) is 5.02 Å². The summed E-state index contributed by atoms with van der Waals surface area (Å²) in [7, 11) is 1.62. The van der Waals surface area contributed by atoms with Crippen molar-refractivity contribution in [2.24, 2.45) is 0 Å². The second-order valence-electron chi connectivity index (χ2n) is 7.26. The van der Waals surface area contributed by atoms with Gasteiger partial charge in [0, 0.05) is 18.2 Å². The highest BCUT2D eigenvalue weighted by Crippen LogP contribution is 2.37. The molecule has 1 fully saturated rings. The van der Waals surface area contributed by atoms with E-state index in [9.17, 15) is 9.59 Å². The Morgan fingerprint density at radius 2 is 1.93 bits per heavy atom. The molecule has 1 saturated carbocycles. The maximum Gasteiger partial charge on any atom is 0.346 e. The molecule has 3 aromatic rings. The molecule has 1 N–H and O–H groups in total. The van der Waals surface area contributed by atoms with Crippen molar-refractivity contribution in [1.29, 1.82) is 0 Å². The summed E-state index contributed by atoms with van der Waals surface area (Å²) in [4.78, 5) is 25.3. The standard InChI is InChI=1S/C22H23ClN4O3/c1-30-19-9-5-2-6-15(19)12-13-24-20(28)14-26-22(29)27(16-10-11-16)21(25-26)17-7-3-4-8-18(17)23/h2-9,16H,10-14H2,1H3,(H,24,28). The second-order valence-corrected chi connectivity index (χ2v) is 7.66. The Bertz CT molecular complexity index is 1120. The number of nitrogens with zero attached hydrogens (tertiary/aromatic N) is 3. The highest BCUT2D eigenvalue weighted by atomic mass is 35.5. The summed E-state index contributed by atoms with van der Waals surface area (Å²) in [5, 5.41) is 7.82. The number of amides is 1. The van der Waals surface area contributed by atoms with Gasteiger partial charge in [0.05, 0.1) is 12.1 Å². The fourth-order valence-corrected chi connectivity index (χ4v) is 3.67. The summed E-state index contributed by atoms with van der Waals surface area (Å²) in [6.45, 7) is 0.302. The number of para-hydroxylation sites is 1. The van der Waals surface area contributed by atoms with Crippen LogP contribution in [0.25, 0.3) is 11.4 Å². The average Bonchev–Trinajstić information content (AvgIpc) is 3.53. The molecule has 0 unspecified atom stereocenters. The fourth-order valence-electron chi connectivity index (χ4n) is 3.45. The van der Waals surface area contributed by atoms with Crippen LogP contribution in [0.4, 0.5) is 0 Å². The number of ether oxygens (including phenoxy) is 1. The summed E-state index contributed by atoms with van der Waals surface area (Å²) >= 11 is 6.32. The first-order chi connectivity index (χ1) is 14.6. The van der Waals surface area contributed by atoms with Gasteiger partial charge < -0.3 is 10.1 Å². The third-order valence-corrected chi connectivity index (χ3v) is 5.43. The molecule has 0 radical (unpaired) electrons. The van der Waals surface area contributed by atoms with Crippen molar-refractivity contribution in [3.8, 4) is 17.1 Å². The number of aromatic nitrogens is 3. The van der Waals surface area contributed by atoms with Crippen molar-refractivity contribution in [2.75, 3.05) is 13.7 Å². The van der Waals surface area contributed by atoms with Gasteiger partial charge in [-0.1, -0.05) is 41.9 Å². The Balaban J connectivity index is 1.47. The van der Waals surface area contributed by atoms with Gasteiger partial charge in [0.2, 0.25) is 5.91 Å². The maximum absolute atomic E-state index is 12.9. The summed E-state index contributed by atoms with van der Waals surface area (Å²) in [5.74, 6) is 1.03. The number of benzene rings is 2. The molecule has 8 heteroatoms. The van der Waals surface area contributed by atoms with Crippen LogP contribution in [0.3, 0.4) is 0 Å². The molecular formula is C22H23ClN4O3. The number of rotatable bonds is 8. The van der Waals surface area contributed by atoms with E-state index in [0.717, 1.165) is 24.2 Å². The average molecular weight is 427 g/mol. The topological polar surface area (TPSA) is 78.2 Å². The van der Waals surface area contributed by atoms with E-state index in [-0.39, 0.29) is 24.2 Å². The molecule has 0 saturated heterocycles. The molecular weight excluding hydrogens is 404 g/mol. The lowest BCUT2D eigenvalue weighted by atomic mass is 10.1. The van der Waals surface area contributed by atoms with E-state index in [1.807, 2.05) is 42.5 Å². The molecule has 1 aliphatic rings. The Kier molecular flexibility index (Phi) is 5.90. The Hall–Kier alpha value is -3.06. The monoisotopic (exact) mass is 426 g/mol. The number of hydrogen-bond acceptors (Lipinski definition) is 4. The van der Waals surface area contributed by atoms with Gasteiger partial charge >= 0.3 is 5.69 Å². The normalized spacial score (nSPS) is 13.3. The Morgan fingerprint density at radius 1 is 1.20 bits per heavy atom. The zero-order valence-corrected chi connectivity index (χ0v) is 17.4. The lowest BCUT2D eigenvalue weighted by molar-refractivity contribution is -0.121. The molecule has 0 aliphatic heterocycles. The van der Waals surface area contributed by atoms with Crippen LogP contribution in [-0.4, -0.2) is 33.9 Å². The number of carbonyl (C=O) groups excluding carboxylic acids is 1. The van der Waals surface area contributed by atoms with Gasteiger partial charge in [0.25, 0.3) is 0 Å². The van der Waals surface area contributed by atoms with E-state index in [4.69, 9.17) is 16.3 Å². The number of carbonyl (C=O) groups is 1. The first-order valence-electron chi connectivity index (χ1n) is 9.91. The van der Waals surface area contributed by atoms with E-state index in [2.05, 4.69) is 10.4 Å². The van der Waals surface area contributed by atoms with Gasteiger partial charge in [0.15, 0.2) is 5.82 Å². The van der Waals surface area contributed by atoms with Crippen LogP contribution in [0.1, 0.15) is 24.4 Å². The molecule has 1 aromatic heterocycles. The number of methoxy groups -OCH3 is 1. The SMILES string of the molecule is COc1ccccc1CCNC(=O)Cn1nc(-c2ccccc2Cl)n(C2CC2)c1=O. The summed E-state index contributed by atoms with van der Waals surface area (Å²) in [6.07, 6.45) is 2.48. The molecule has 156 valence electrons. The molecule has 1 heterocycles. The highest BCUT2D eigenvalue weighted by molar-refractivity contribution is 6.33. The molecule has 2 aromatic carbocycles. The molecule has 0 spiro atoms. The molecule has 0 atom stereocenters. The second kappa shape index (κ2) is 8.75. The molecule has 1 aliphatic carbocycles. The van der Waals surface area contributed by atoms with Crippen LogP contribution in [0.15, 0.2) is 53.3 Å². The third-order valence-electron chi connectivity index (χ3n) is 5.10. The third kappa shape index (κ3) is 4.26. The molecule has 0 bridgehead atoms. The van der Waals surface area contributed by atoms with Gasteiger partial charge in [-0.15, -0.1) is 5.10 Å². The summed E-state index contributed by atoms with van der Waals surface area (Å²) in [5.41, 5.74) is 1.42. The van der Waals surface area contributed by atoms with Gasteiger partial charge in [-0.3, -0.25) is 9.36 Å². The largest absolute Gasteiger partial charge is 0.496 e. The van der Waals surface area contributed by atoms with E-state index in [1.165, 1.54) is 4.68 Å². The minimum absolute atomic E-state index is 0.117. The Morgan fingerprint density at radius 3 is 2.67 bits per heavy atom. The molecule has 4 rings (SSSR count). The first kappa shape index (κ1) is 20.2. The van der Waals surface area contributed by atoms with Crippen molar-refractivity contribution in [1.82, 2.24) is 19.7 Å². The zero-order chi connectivity index (χ0) is 21.1. The van der Waals surface area contributed by atoms with Gasteiger partial charge in [0.1, 0.15) is 12.3 Å². The van der Waals surface area contributed by atoms with Crippen LogP contribution in [0.5, 0.6) is 5.75 Å². The summed E-state index contributed by atoms with van der Waals surface area (Å²) in [6, 6.07) is 15.1. The minimum atomic E-state index is -0.285. The maximum atomic E-state index is 12.9. The molecule has 7 nitrogen and oxygen atoms in total. The van der Waals surface area contributed by atoms with Crippen molar-refractivity contribution >= 4 is 17.5 Å². The van der Waals surface area contributed by atoms with Crippen LogP contribution in [0, 0.1) is 0 Å². The first-order valence-corrected chi connectivity index (χ1v) is 10.3. The minimum Gasteiger partial charge on any atom is -0.496 e. The van der Waals surface area contributed by atoms with Gasteiger partial charge in [-0.25, -0.2) is 9.48 Å². The molecule has 1 amide bonds. The summed E-state index contributed by atoms with van der Waals surface area (Å²) < 4.78 is 8.20. The molecule has 30 heavy (non-hydrogen) atoms. The van der Waals surface area contributed by atoms with Gasteiger partial charge in [-0.05, 0) is 43.0 Å². The zero-order valence-electron chi connectivity index (χ0n) is 16.7. The predicted molar refractivity (Wildman–Crippen MR) is 115 cm³/mol. The van der Waals surface area contributed by atoms with E-state index in [0.29, 0.717) is 29.4 Å². The predicted octanol–water partition coefficient (Wildman–Crippen LogP) is 3.07. The lowest BCUT2D eigenvalue weighted by Crippen LogP contribution is -2.34. The van der Waals surface area contributed by atoms with Gasteiger partial charge in [-0.2, -0.15) is 0 Å². The van der Waals surface area contributed by atoms with Crippen LogP contribution < -0.4 is 15.7 Å². The number of nitrogens with one attached hydrogen (secondary N) is 1. The smallest absolute Gasteiger partial charge is 0.346 e. The lowest BCUT2D eigenvalue weighted by Gasteiger charge is -2.09. The van der Waals surface area contributed by atoms with E-state index < -0.39 is 0 Å². The number of halogens is 1. The highest BCUT2D eigenvalue weighted by Gasteiger charge is 2.31. The van der Waals surface area contributed by atoms with E-state index in [1.54, 1.807) is 17.7 Å². The van der Waals surface area contributed by atoms with Crippen LogP contribution >= 0.6 is 11.6 Å². The van der Waals surface area contributed by atoms with Crippen LogP contribution in [-0.2, 0) is 17.8 Å².